The van der Waals surface area contributed by atoms with Crippen LogP contribution in [0.2, 0.25) is 0 Å². The Labute approximate surface area is 77.7 Å². The van der Waals surface area contributed by atoms with Gasteiger partial charge < -0.3 is 5.73 Å². The molecular weight excluding hydrogens is 164 g/mol. The third-order valence-electron chi connectivity index (χ3n) is 2.38. The summed E-state index contributed by atoms with van der Waals surface area (Å²) in [6.45, 7) is 3.86. The van der Waals surface area contributed by atoms with Gasteiger partial charge in [-0.1, -0.05) is 13.0 Å². The van der Waals surface area contributed by atoms with Crippen LogP contribution in [-0.2, 0) is 6.54 Å². The van der Waals surface area contributed by atoms with Crippen LogP contribution in [0.3, 0.4) is 0 Å². The van der Waals surface area contributed by atoms with Crippen molar-refractivity contribution in [2.45, 2.75) is 13.5 Å². The lowest BCUT2D eigenvalue weighted by Gasteiger charge is -2.23. The topological polar surface area (TPSA) is 58.5 Å². The first-order valence-electron chi connectivity index (χ1n) is 4.40. The number of hydrogen-bond donors (Lipinski definition) is 2. The van der Waals surface area contributed by atoms with Crippen LogP contribution in [-0.4, -0.2) is 11.6 Å². The van der Waals surface area contributed by atoms with Crippen molar-refractivity contribution in [3.05, 3.63) is 23.8 Å². The van der Waals surface area contributed by atoms with E-state index in [9.17, 15) is 0 Å². The van der Waals surface area contributed by atoms with E-state index >= 15 is 0 Å². The molecule has 0 amide bonds. The number of fused-ring (bicyclic) bond motifs is 1. The van der Waals surface area contributed by atoms with E-state index in [1.165, 1.54) is 5.56 Å². The van der Waals surface area contributed by atoms with Gasteiger partial charge in [-0.05, 0) is 17.7 Å². The molecule has 13 heavy (non-hydrogen) atoms. The maximum absolute atomic E-state index is 5.87. The molecule has 0 aromatic heterocycles. The summed E-state index contributed by atoms with van der Waals surface area (Å²) in [6, 6.07) is 5.84. The highest BCUT2D eigenvalue weighted by molar-refractivity contribution is 5.62. The molecule has 4 heteroatoms. The summed E-state index contributed by atoms with van der Waals surface area (Å²) >= 11 is 0. The number of anilines is 2. The highest BCUT2D eigenvalue weighted by Gasteiger charge is 2.23. The van der Waals surface area contributed by atoms with E-state index in [0.717, 1.165) is 24.5 Å². The molecule has 0 saturated carbocycles. The molecule has 0 fully saturated rings. The molecule has 0 unspecified atom stereocenters. The van der Waals surface area contributed by atoms with Gasteiger partial charge in [-0.15, -0.1) is 0 Å². The minimum atomic E-state index is 0.757. The molecule has 0 atom stereocenters. The van der Waals surface area contributed by atoms with Gasteiger partial charge in [0.25, 0.3) is 0 Å². The van der Waals surface area contributed by atoms with Crippen molar-refractivity contribution in [2.75, 3.05) is 17.4 Å². The third-order valence-corrected chi connectivity index (χ3v) is 2.38. The summed E-state index contributed by atoms with van der Waals surface area (Å²) in [5, 5.41) is 3.73. The molecule has 1 aromatic carbocycles. The Morgan fingerprint density at radius 1 is 1.46 bits per heavy atom. The number of nitrogens with two attached hydrogens (primary N) is 2. The first-order valence-corrected chi connectivity index (χ1v) is 4.40. The van der Waals surface area contributed by atoms with E-state index in [1.54, 1.807) is 5.12 Å². The van der Waals surface area contributed by atoms with E-state index in [4.69, 9.17) is 11.6 Å². The fraction of sp³-hybridized carbons (Fsp3) is 0.333. The Morgan fingerprint density at radius 3 is 2.92 bits per heavy atom. The number of nitrogen functional groups attached to an aromatic ring is 1. The fourth-order valence-corrected chi connectivity index (χ4v) is 1.62. The smallest absolute Gasteiger partial charge is 0.0768 e. The van der Waals surface area contributed by atoms with Gasteiger partial charge in [-0.2, -0.15) is 0 Å². The van der Waals surface area contributed by atoms with Gasteiger partial charge in [0.1, 0.15) is 0 Å². The summed E-state index contributed by atoms with van der Waals surface area (Å²) in [5.74, 6) is 5.87. The zero-order valence-corrected chi connectivity index (χ0v) is 7.70. The lowest BCUT2D eigenvalue weighted by atomic mass is 10.2. The molecule has 1 aliphatic heterocycles. The maximum Gasteiger partial charge on any atom is 0.0768 e. The van der Waals surface area contributed by atoms with Gasteiger partial charge in [0.2, 0.25) is 0 Å². The molecular formula is C9H14N4. The van der Waals surface area contributed by atoms with Crippen LogP contribution in [0.1, 0.15) is 12.5 Å². The van der Waals surface area contributed by atoms with Crippen molar-refractivity contribution < 1.29 is 0 Å². The Balaban J connectivity index is 2.39. The lowest BCUT2D eigenvalue weighted by Crippen LogP contribution is -2.42. The lowest BCUT2D eigenvalue weighted by molar-refractivity contribution is 0.279. The summed E-state index contributed by atoms with van der Waals surface area (Å²) in [7, 11) is 0. The molecule has 1 aromatic rings. The Hall–Kier alpha value is -1.26. The van der Waals surface area contributed by atoms with Gasteiger partial charge in [0.15, 0.2) is 0 Å². The van der Waals surface area contributed by atoms with Crippen molar-refractivity contribution in [3.63, 3.8) is 0 Å². The van der Waals surface area contributed by atoms with Crippen LogP contribution in [0, 0.1) is 0 Å². The monoisotopic (exact) mass is 178 g/mol. The Kier molecular flexibility index (Phi) is 1.86. The van der Waals surface area contributed by atoms with Crippen LogP contribution in [0.15, 0.2) is 18.2 Å². The predicted octanol–water partition coefficient (Wildman–Crippen LogP) is 0.699. The summed E-state index contributed by atoms with van der Waals surface area (Å²) < 4.78 is 0. The van der Waals surface area contributed by atoms with Crippen LogP contribution in [0.25, 0.3) is 0 Å². The highest BCUT2D eigenvalue weighted by atomic mass is 15.8. The number of nitrogens with zero attached hydrogens (tertiary/aromatic N) is 2. The number of hydrogen-bond acceptors (Lipinski definition) is 4. The fourth-order valence-electron chi connectivity index (χ4n) is 1.62. The second-order valence-corrected chi connectivity index (χ2v) is 3.21. The molecule has 0 radical (unpaired) electrons. The molecule has 0 aliphatic carbocycles. The normalized spacial score (nSPS) is 16.3. The minimum Gasteiger partial charge on any atom is -0.399 e. The van der Waals surface area contributed by atoms with Gasteiger partial charge in [0, 0.05) is 18.8 Å². The predicted molar refractivity (Wildman–Crippen MR) is 53.6 cm³/mol. The SMILES string of the molecule is CCN1Cc2ccc(N)cc2N1N. The van der Waals surface area contributed by atoms with Crippen molar-refractivity contribution in [2.24, 2.45) is 5.84 Å². The summed E-state index contributed by atoms with van der Waals surface area (Å²) in [4.78, 5) is 0. The summed E-state index contributed by atoms with van der Waals surface area (Å²) in [6.07, 6.45) is 0. The molecule has 2 rings (SSSR count). The van der Waals surface area contributed by atoms with Gasteiger partial charge in [-0.3, -0.25) is 0 Å². The van der Waals surface area contributed by atoms with E-state index < -0.39 is 0 Å². The van der Waals surface area contributed by atoms with Crippen molar-refractivity contribution in [3.8, 4) is 0 Å². The Bertz CT molecular complexity index is 323. The zero-order chi connectivity index (χ0) is 9.42. The van der Waals surface area contributed by atoms with Crippen LogP contribution in [0.4, 0.5) is 11.4 Å². The quantitative estimate of drug-likeness (QED) is 0.491. The average molecular weight is 178 g/mol. The number of hydrazine groups is 2. The molecule has 1 heterocycles. The van der Waals surface area contributed by atoms with E-state index in [-0.39, 0.29) is 0 Å². The first kappa shape index (κ1) is 8.34. The highest BCUT2D eigenvalue weighted by Crippen LogP contribution is 2.29. The van der Waals surface area contributed by atoms with Crippen LogP contribution < -0.4 is 16.7 Å². The van der Waals surface area contributed by atoms with Gasteiger partial charge >= 0.3 is 0 Å². The largest absolute Gasteiger partial charge is 0.399 e. The molecule has 0 spiro atoms. The number of benzene rings is 1. The molecule has 4 nitrogen and oxygen atoms in total. The molecule has 1 aliphatic rings. The maximum atomic E-state index is 5.87. The van der Waals surface area contributed by atoms with Crippen molar-refractivity contribution >= 4 is 11.4 Å². The zero-order valence-electron chi connectivity index (χ0n) is 7.70. The van der Waals surface area contributed by atoms with E-state index in [0.29, 0.717) is 0 Å². The van der Waals surface area contributed by atoms with Crippen molar-refractivity contribution in [1.82, 2.24) is 5.01 Å². The minimum absolute atomic E-state index is 0.757. The van der Waals surface area contributed by atoms with Crippen LogP contribution >= 0.6 is 0 Å². The molecule has 0 bridgehead atoms. The average Bonchev–Trinajstić information content (AvgIpc) is 2.44. The van der Waals surface area contributed by atoms with E-state index in [2.05, 4.69) is 11.9 Å². The number of rotatable bonds is 1. The van der Waals surface area contributed by atoms with E-state index in [1.807, 2.05) is 18.2 Å². The molecule has 70 valence electrons. The molecule has 4 N–H and O–H groups in total. The third kappa shape index (κ3) is 1.24. The van der Waals surface area contributed by atoms with Gasteiger partial charge in [0.05, 0.1) is 5.69 Å². The second-order valence-electron chi connectivity index (χ2n) is 3.21. The van der Waals surface area contributed by atoms with Crippen molar-refractivity contribution in [1.29, 1.82) is 0 Å². The van der Waals surface area contributed by atoms with Gasteiger partial charge in [-0.25, -0.2) is 16.0 Å². The first-order chi connectivity index (χ1) is 6.22. The second kappa shape index (κ2) is 2.90. The summed E-state index contributed by atoms with van der Waals surface area (Å²) in [5.41, 5.74) is 8.69. The van der Waals surface area contributed by atoms with Crippen LogP contribution in [0.5, 0.6) is 0 Å². The standard InChI is InChI=1S/C9H14N4/c1-2-12-6-7-3-4-8(10)5-9(7)13(12)11/h3-5H,2,6,10-11H2,1H3. The Morgan fingerprint density at radius 2 is 2.23 bits per heavy atom. The molecule has 0 saturated heterocycles.